The Bertz CT molecular complexity index is 182. The third-order valence-electron chi connectivity index (χ3n) is 3.44. The number of hydrogen-bond acceptors (Lipinski definition) is 3. The molecule has 0 amide bonds. The zero-order valence-corrected chi connectivity index (χ0v) is 9.38. The summed E-state index contributed by atoms with van der Waals surface area (Å²) in [5, 5.41) is 3.45. The number of morpholine rings is 1. The Hall–Kier alpha value is -0.120. The van der Waals surface area contributed by atoms with Gasteiger partial charge in [0, 0.05) is 25.7 Å². The zero-order valence-electron chi connectivity index (χ0n) is 9.38. The van der Waals surface area contributed by atoms with Gasteiger partial charge in [0.05, 0.1) is 12.2 Å². The highest BCUT2D eigenvalue weighted by Crippen LogP contribution is 2.26. The standard InChI is InChI=1S/C11H22N2O/c1-10(2)13-6-7-14-11(9-13)4-3-5-12-8-11/h10,12H,3-9H2,1-2H3. The number of nitrogens with zero attached hydrogens (tertiary/aromatic N) is 1. The maximum atomic E-state index is 5.98. The van der Waals surface area contributed by atoms with E-state index in [1.165, 1.54) is 12.8 Å². The van der Waals surface area contributed by atoms with Gasteiger partial charge in [-0.25, -0.2) is 0 Å². The van der Waals surface area contributed by atoms with Crippen LogP contribution in [0.2, 0.25) is 0 Å². The molecule has 1 N–H and O–H groups in total. The summed E-state index contributed by atoms with van der Waals surface area (Å²) in [6.45, 7) is 9.85. The number of nitrogens with one attached hydrogen (secondary N) is 1. The minimum absolute atomic E-state index is 0.126. The van der Waals surface area contributed by atoms with Gasteiger partial charge >= 0.3 is 0 Å². The van der Waals surface area contributed by atoms with Crippen LogP contribution in [0.5, 0.6) is 0 Å². The molecule has 0 bridgehead atoms. The van der Waals surface area contributed by atoms with Crippen molar-refractivity contribution < 1.29 is 4.74 Å². The molecule has 1 unspecified atom stereocenters. The van der Waals surface area contributed by atoms with Crippen molar-refractivity contribution in [3.8, 4) is 0 Å². The molecule has 2 rings (SSSR count). The van der Waals surface area contributed by atoms with Gasteiger partial charge in [-0.15, -0.1) is 0 Å². The quantitative estimate of drug-likeness (QED) is 0.676. The minimum Gasteiger partial charge on any atom is -0.371 e. The monoisotopic (exact) mass is 198 g/mol. The van der Waals surface area contributed by atoms with Crippen molar-refractivity contribution >= 4 is 0 Å². The molecule has 0 aromatic carbocycles. The van der Waals surface area contributed by atoms with E-state index < -0.39 is 0 Å². The molecule has 14 heavy (non-hydrogen) atoms. The van der Waals surface area contributed by atoms with Crippen molar-refractivity contribution in [1.29, 1.82) is 0 Å². The Morgan fingerprint density at radius 1 is 1.43 bits per heavy atom. The van der Waals surface area contributed by atoms with E-state index >= 15 is 0 Å². The molecule has 2 aliphatic rings. The van der Waals surface area contributed by atoms with Crippen LogP contribution in [0.25, 0.3) is 0 Å². The third-order valence-corrected chi connectivity index (χ3v) is 3.44. The second-order valence-corrected chi connectivity index (χ2v) is 4.88. The van der Waals surface area contributed by atoms with Gasteiger partial charge in [0.1, 0.15) is 0 Å². The average Bonchev–Trinajstić information content (AvgIpc) is 2.19. The first-order valence-electron chi connectivity index (χ1n) is 5.81. The number of ether oxygens (including phenoxy) is 1. The van der Waals surface area contributed by atoms with Crippen LogP contribution < -0.4 is 5.32 Å². The van der Waals surface area contributed by atoms with E-state index in [4.69, 9.17) is 4.74 Å². The normalized spacial score (nSPS) is 35.4. The Kier molecular flexibility index (Phi) is 3.10. The van der Waals surface area contributed by atoms with Gasteiger partial charge in [0.2, 0.25) is 0 Å². The Balaban J connectivity index is 1.97. The maximum absolute atomic E-state index is 5.98. The molecule has 3 nitrogen and oxygen atoms in total. The maximum Gasteiger partial charge on any atom is 0.0933 e. The molecular weight excluding hydrogens is 176 g/mol. The first-order chi connectivity index (χ1) is 6.72. The summed E-state index contributed by atoms with van der Waals surface area (Å²) in [6.07, 6.45) is 2.48. The first kappa shape index (κ1) is 10.4. The van der Waals surface area contributed by atoms with Gasteiger partial charge < -0.3 is 10.1 Å². The summed E-state index contributed by atoms with van der Waals surface area (Å²) in [6, 6.07) is 0.651. The van der Waals surface area contributed by atoms with Crippen LogP contribution >= 0.6 is 0 Å². The molecule has 2 saturated heterocycles. The predicted molar refractivity (Wildman–Crippen MR) is 57.5 cm³/mol. The molecule has 82 valence electrons. The summed E-state index contributed by atoms with van der Waals surface area (Å²) >= 11 is 0. The van der Waals surface area contributed by atoms with Crippen LogP contribution in [0.1, 0.15) is 26.7 Å². The lowest BCUT2D eigenvalue weighted by atomic mass is 9.91. The molecule has 0 aliphatic carbocycles. The number of rotatable bonds is 1. The highest BCUT2D eigenvalue weighted by atomic mass is 16.5. The van der Waals surface area contributed by atoms with E-state index in [1.54, 1.807) is 0 Å². The van der Waals surface area contributed by atoms with Crippen LogP contribution in [0, 0.1) is 0 Å². The number of hydrogen-bond donors (Lipinski definition) is 1. The summed E-state index contributed by atoms with van der Waals surface area (Å²) in [5.74, 6) is 0. The summed E-state index contributed by atoms with van der Waals surface area (Å²) in [4.78, 5) is 2.54. The van der Waals surface area contributed by atoms with Gasteiger partial charge in [-0.1, -0.05) is 0 Å². The second kappa shape index (κ2) is 4.17. The Labute approximate surface area is 86.8 Å². The highest BCUT2D eigenvalue weighted by Gasteiger charge is 2.38. The fraction of sp³-hybridized carbons (Fsp3) is 1.00. The summed E-state index contributed by atoms with van der Waals surface area (Å²) in [5.41, 5.74) is 0.126. The zero-order chi connectivity index (χ0) is 10.0. The number of piperidine rings is 1. The van der Waals surface area contributed by atoms with Gasteiger partial charge in [0.15, 0.2) is 0 Å². The lowest BCUT2D eigenvalue weighted by Crippen LogP contribution is -2.60. The molecular formula is C11H22N2O. The molecule has 0 aromatic heterocycles. The summed E-state index contributed by atoms with van der Waals surface area (Å²) in [7, 11) is 0. The molecule has 0 saturated carbocycles. The van der Waals surface area contributed by atoms with Gasteiger partial charge in [0.25, 0.3) is 0 Å². The molecule has 1 atom stereocenters. The van der Waals surface area contributed by atoms with E-state index in [9.17, 15) is 0 Å². The topological polar surface area (TPSA) is 24.5 Å². The van der Waals surface area contributed by atoms with Crippen LogP contribution in [-0.4, -0.2) is 49.3 Å². The van der Waals surface area contributed by atoms with Crippen molar-refractivity contribution in [3.63, 3.8) is 0 Å². The lowest BCUT2D eigenvalue weighted by Gasteiger charge is -2.46. The van der Waals surface area contributed by atoms with Gasteiger partial charge in [-0.3, -0.25) is 4.90 Å². The van der Waals surface area contributed by atoms with Crippen molar-refractivity contribution in [1.82, 2.24) is 10.2 Å². The van der Waals surface area contributed by atoms with Crippen molar-refractivity contribution in [2.45, 2.75) is 38.3 Å². The molecule has 0 radical (unpaired) electrons. The van der Waals surface area contributed by atoms with Crippen LogP contribution in [0.15, 0.2) is 0 Å². The first-order valence-corrected chi connectivity index (χ1v) is 5.81. The van der Waals surface area contributed by atoms with Crippen LogP contribution in [-0.2, 0) is 4.74 Å². The minimum atomic E-state index is 0.126. The molecule has 1 spiro atoms. The lowest BCUT2D eigenvalue weighted by molar-refractivity contribution is -0.125. The molecule has 0 aromatic rings. The van der Waals surface area contributed by atoms with Crippen LogP contribution in [0.4, 0.5) is 0 Å². The van der Waals surface area contributed by atoms with Crippen molar-refractivity contribution in [3.05, 3.63) is 0 Å². The second-order valence-electron chi connectivity index (χ2n) is 4.88. The van der Waals surface area contributed by atoms with E-state index in [2.05, 4.69) is 24.1 Å². The largest absolute Gasteiger partial charge is 0.371 e. The Morgan fingerprint density at radius 3 is 2.93 bits per heavy atom. The van der Waals surface area contributed by atoms with Gasteiger partial charge in [-0.2, -0.15) is 0 Å². The van der Waals surface area contributed by atoms with E-state index in [0.717, 1.165) is 32.8 Å². The third kappa shape index (κ3) is 2.10. The van der Waals surface area contributed by atoms with Gasteiger partial charge in [-0.05, 0) is 33.2 Å². The molecule has 2 heterocycles. The molecule has 3 heteroatoms. The molecule has 2 fully saturated rings. The van der Waals surface area contributed by atoms with Crippen LogP contribution in [0.3, 0.4) is 0 Å². The van der Waals surface area contributed by atoms with E-state index in [-0.39, 0.29) is 5.60 Å². The SMILES string of the molecule is CC(C)N1CCOC2(CCCNC2)C1. The van der Waals surface area contributed by atoms with E-state index in [0.29, 0.717) is 6.04 Å². The fourth-order valence-corrected chi connectivity index (χ4v) is 2.51. The smallest absolute Gasteiger partial charge is 0.0933 e. The average molecular weight is 198 g/mol. The van der Waals surface area contributed by atoms with Crippen molar-refractivity contribution in [2.24, 2.45) is 0 Å². The predicted octanol–water partition coefficient (Wildman–Crippen LogP) is 0.849. The Morgan fingerprint density at radius 2 is 2.29 bits per heavy atom. The highest BCUT2D eigenvalue weighted by molar-refractivity contribution is 4.93. The molecule has 2 aliphatic heterocycles. The van der Waals surface area contributed by atoms with E-state index in [1.807, 2.05) is 0 Å². The summed E-state index contributed by atoms with van der Waals surface area (Å²) < 4.78 is 5.98. The fourth-order valence-electron chi connectivity index (χ4n) is 2.51. The van der Waals surface area contributed by atoms with Crippen molar-refractivity contribution in [2.75, 3.05) is 32.8 Å².